The van der Waals surface area contributed by atoms with Gasteiger partial charge in [0.25, 0.3) is 0 Å². The van der Waals surface area contributed by atoms with Crippen LogP contribution in [0.25, 0.3) is 0 Å². The Kier molecular flexibility index (Phi) is 3.29. The van der Waals surface area contributed by atoms with Gasteiger partial charge < -0.3 is 0 Å². The lowest BCUT2D eigenvalue weighted by Crippen LogP contribution is -2.39. The summed E-state index contributed by atoms with van der Waals surface area (Å²) < 4.78 is 0. The molecular formula is C13H27. The summed E-state index contributed by atoms with van der Waals surface area (Å²) in [5, 5.41) is 0. The molecular weight excluding hydrogens is 156 g/mol. The summed E-state index contributed by atoms with van der Waals surface area (Å²) >= 11 is 0. The third-order valence-electron chi connectivity index (χ3n) is 2.25. The minimum absolute atomic E-state index is 0.302. The summed E-state index contributed by atoms with van der Waals surface area (Å²) in [6, 6.07) is 0. The minimum atomic E-state index is 0.302. The molecule has 0 amide bonds. The van der Waals surface area contributed by atoms with Crippen LogP contribution in [0.4, 0.5) is 0 Å². The third kappa shape index (κ3) is 3.70. The van der Waals surface area contributed by atoms with E-state index in [1.165, 1.54) is 0 Å². The minimum Gasteiger partial charge on any atom is -0.0596 e. The molecule has 0 rings (SSSR count). The fraction of sp³-hybridized carbons (Fsp3) is 0.923. The maximum absolute atomic E-state index is 2.32. The topological polar surface area (TPSA) is 0 Å². The fourth-order valence-corrected chi connectivity index (χ4v) is 3.38. The predicted octanol–water partition coefficient (Wildman–Crippen LogP) is 4.70. The van der Waals surface area contributed by atoms with Crippen molar-refractivity contribution in [3.63, 3.8) is 0 Å². The van der Waals surface area contributed by atoms with Gasteiger partial charge in [-0.25, -0.2) is 0 Å². The molecule has 0 fully saturated rings. The van der Waals surface area contributed by atoms with E-state index in [1.54, 1.807) is 5.92 Å². The zero-order valence-corrected chi connectivity index (χ0v) is 11.0. The molecule has 0 aromatic carbocycles. The first-order valence-corrected chi connectivity index (χ1v) is 5.25. The van der Waals surface area contributed by atoms with Crippen molar-refractivity contribution in [3.8, 4) is 0 Å². The highest BCUT2D eigenvalue weighted by molar-refractivity contribution is 5.15. The highest BCUT2D eigenvalue weighted by Gasteiger charge is 2.42. The number of rotatable bonds is 0. The van der Waals surface area contributed by atoms with Crippen LogP contribution in [-0.4, -0.2) is 0 Å². The summed E-state index contributed by atoms with van der Waals surface area (Å²) in [6.45, 7) is 20.9. The van der Waals surface area contributed by atoms with Gasteiger partial charge in [-0.3, -0.25) is 0 Å². The van der Waals surface area contributed by atoms with E-state index in [4.69, 9.17) is 0 Å². The normalized spacial score (nSPS) is 15.2. The standard InChI is InChI=1S/C13H27/c1-11(2,3)10(12(4,5)6)13(7,8)9/h1-9H3. The van der Waals surface area contributed by atoms with Crippen LogP contribution in [0.2, 0.25) is 0 Å². The van der Waals surface area contributed by atoms with Crippen molar-refractivity contribution < 1.29 is 0 Å². The largest absolute Gasteiger partial charge is 0.0596 e. The summed E-state index contributed by atoms with van der Waals surface area (Å²) in [5.74, 6) is 1.65. The Hall–Kier alpha value is 0. The monoisotopic (exact) mass is 183 g/mol. The molecule has 0 saturated carbocycles. The van der Waals surface area contributed by atoms with Crippen molar-refractivity contribution in [1.29, 1.82) is 0 Å². The van der Waals surface area contributed by atoms with E-state index in [-0.39, 0.29) is 0 Å². The molecule has 0 heterocycles. The van der Waals surface area contributed by atoms with Gasteiger partial charge in [-0.15, -0.1) is 0 Å². The van der Waals surface area contributed by atoms with Crippen molar-refractivity contribution in [2.45, 2.75) is 62.3 Å². The molecule has 79 valence electrons. The lowest BCUT2D eigenvalue weighted by Gasteiger charge is -2.48. The average molecular weight is 183 g/mol. The quantitative estimate of drug-likeness (QED) is 0.510. The lowest BCUT2D eigenvalue weighted by molar-refractivity contribution is 0.172. The Morgan fingerprint density at radius 3 is 0.615 bits per heavy atom. The van der Waals surface area contributed by atoms with E-state index in [0.29, 0.717) is 16.2 Å². The maximum atomic E-state index is 2.32. The van der Waals surface area contributed by atoms with Crippen LogP contribution in [0, 0.1) is 22.2 Å². The summed E-state index contributed by atoms with van der Waals surface area (Å²) in [7, 11) is 0. The summed E-state index contributed by atoms with van der Waals surface area (Å²) in [5.41, 5.74) is 0.906. The highest BCUT2D eigenvalue weighted by atomic mass is 14.5. The van der Waals surface area contributed by atoms with Crippen molar-refractivity contribution in [3.05, 3.63) is 5.92 Å². The molecule has 0 aromatic heterocycles. The predicted molar refractivity (Wildman–Crippen MR) is 61.6 cm³/mol. The summed E-state index contributed by atoms with van der Waals surface area (Å²) in [4.78, 5) is 0. The second kappa shape index (κ2) is 3.29. The number of hydrogen-bond acceptors (Lipinski definition) is 0. The molecule has 0 bridgehead atoms. The van der Waals surface area contributed by atoms with E-state index < -0.39 is 0 Å². The van der Waals surface area contributed by atoms with Crippen LogP contribution in [0.1, 0.15) is 62.3 Å². The second-order valence-corrected chi connectivity index (χ2v) is 7.12. The highest BCUT2D eigenvalue weighted by Crippen LogP contribution is 2.51. The van der Waals surface area contributed by atoms with E-state index in [0.717, 1.165) is 0 Å². The molecule has 0 heteroatoms. The second-order valence-electron chi connectivity index (χ2n) is 7.12. The molecule has 0 aromatic rings. The van der Waals surface area contributed by atoms with Crippen LogP contribution >= 0.6 is 0 Å². The van der Waals surface area contributed by atoms with Gasteiger partial charge >= 0.3 is 0 Å². The summed E-state index contributed by atoms with van der Waals surface area (Å²) in [6.07, 6.45) is 0. The first-order valence-electron chi connectivity index (χ1n) is 5.25. The fourth-order valence-electron chi connectivity index (χ4n) is 3.38. The van der Waals surface area contributed by atoms with Crippen LogP contribution in [0.3, 0.4) is 0 Å². The first kappa shape index (κ1) is 13.0. The maximum Gasteiger partial charge on any atom is -0.00803 e. The smallest absolute Gasteiger partial charge is 0.00803 e. The van der Waals surface area contributed by atoms with E-state index in [1.807, 2.05) is 0 Å². The Morgan fingerprint density at radius 1 is 0.462 bits per heavy atom. The molecule has 0 aliphatic rings. The molecule has 0 unspecified atom stereocenters. The van der Waals surface area contributed by atoms with Crippen LogP contribution in [-0.2, 0) is 0 Å². The van der Waals surface area contributed by atoms with Crippen LogP contribution in [0.5, 0.6) is 0 Å². The van der Waals surface area contributed by atoms with Gasteiger partial charge in [-0.2, -0.15) is 0 Å². The average Bonchev–Trinajstić information content (AvgIpc) is 1.44. The van der Waals surface area contributed by atoms with E-state index in [2.05, 4.69) is 62.3 Å². The number of hydrogen-bond donors (Lipinski definition) is 0. The third-order valence-corrected chi connectivity index (χ3v) is 2.25. The lowest BCUT2D eigenvalue weighted by atomic mass is 9.56. The molecule has 0 aliphatic heterocycles. The van der Waals surface area contributed by atoms with Gasteiger partial charge in [0.05, 0.1) is 0 Å². The molecule has 0 saturated heterocycles. The zero-order chi connectivity index (χ0) is 11.1. The van der Waals surface area contributed by atoms with Crippen LogP contribution < -0.4 is 0 Å². The Balaban J connectivity index is 5.02. The van der Waals surface area contributed by atoms with Gasteiger partial charge in [0.2, 0.25) is 0 Å². The zero-order valence-electron chi connectivity index (χ0n) is 11.0. The van der Waals surface area contributed by atoms with Gasteiger partial charge in [-0.05, 0) is 22.2 Å². The van der Waals surface area contributed by atoms with Crippen LogP contribution in [0.15, 0.2) is 0 Å². The SMILES string of the molecule is CC(C)(C)[C](C(C)(C)C)C(C)(C)C. The van der Waals surface area contributed by atoms with E-state index >= 15 is 0 Å². The Bertz CT molecular complexity index is 123. The molecule has 0 spiro atoms. The Labute approximate surface area is 85.1 Å². The molecule has 0 N–H and O–H groups in total. The van der Waals surface area contributed by atoms with Crippen molar-refractivity contribution in [2.75, 3.05) is 0 Å². The van der Waals surface area contributed by atoms with Crippen molar-refractivity contribution in [1.82, 2.24) is 0 Å². The molecule has 0 nitrogen and oxygen atoms in total. The van der Waals surface area contributed by atoms with Crippen molar-refractivity contribution >= 4 is 0 Å². The molecule has 0 aliphatic carbocycles. The molecule has 1 radical (unpaired) electrons. The van der Waals surface area contributed by atoms with Crippen molar-refractivity contribution in [2.24, 2.45) is 16.2 Å². The Morgan fingerprint density at radius 2 is 0.615 bits per heavy atom. The first-order chi connectivity index (χ1) is 5.37. The van der Waals surface area contributed by atoms with Gasteiger partial charge in [0.15, 0.2) is 0 Å². The van der Waals surface area contributed by atoms with Gasteiger partial charge in [-0.1, -0.05) is 62.3 Å². The van der Waals surface area contributed by atoms with Gasteiger partial charge in [0, 0.05) is 0 Å². The molecule has 13 heavy (non-hydrogen) atoms. The molecule has 0 atom stereocenters. The van der Waals surface area contributed by atoms with E-state index in [9.17, 15) is 0 Å². The van der Waals surface area contributed by atoms with Gasteiger partial charge in [0.1, 0.15) is 0 Å².